The first-order chi connectivity index (χ1) is 21.7. The van der Waals surface area contributed by atoms with Crippen LogP contribution >= 0.6 is 0 Å². The summed E-state index contributed by atoms with van der Waals surface area (Å²) < 4.78 is 11.2. The minimum atomic E-state index is -1.31. The lowest BCUT2D eigenvalue weighted by Gasteiger charge is -2.49. The van der Waals surface area contributed by atoms with Gasteiger partial charge in [-0.3, -0.25) is 24.1 Å². The molecule has 0 spiro atoms. The van der Waals surface area contributed by atoms with Crippen LogP contribution in [-0.2, 0) is 25.7 Å². The number of anilines is 1. The Bertz CT molecular complexity index is 1750. The summed E-state index contributed by atoms with van der Waals surface area (Å²) in [6, 6.07) is 21.3. The number of phenols is 1. The number of nitrogens with zero attached hydrogens (tertiary/aromatic N) is 2. The minimum Gasteiger partial charge on any atom is -0.507 e. The van der Waals surface area contributed by atoms with Crippen LogP contribution in [0.2, 0.25) is 0 Å². The molecule has 2 aliphatic carbocycles. The molecule has 1 N–H and O–H groups in total. The number of hydrogen-bond donors (Lipinski definition) is 1. The Balaban J connectivity index is 1.38. The van der Waals surface area contributed by atoms with E-state index in [1.54, 1.807) is 37.3 Å². The molecule has 3 fully saturated rings. The lowest BCUT2D eigenvalue weighted by atomic mass is 9.51. The Morgan fingerprint density at radius 3 is 2.22 bits per heavy atom. The minimum absolute atomic E-state index is 0.141. The van der Waals surface area contributed by atoms with Crippen LogP contribution in [0.1, 0.15) is 36.8 Å². The summed E-state index contributed by atoms with van der Waals surface area (Å²) in [4.78, 5) is 59.3. The summed E-state index contributed by atoms with van der Waals surface area (Å²) in [5, 5.41) is 11.5. The maximum atomic E-state index is 14.6. The predicted molar refractivity (Wildman–Crippen MR) is 164 cm³/mol. The zero-order valence-electron chi connectivity index (χ0n) is 25.3. The van der Waals surface area contributed by atoms with E-state index >= 15 is 0 Å². The first-order valence-corrected chi connectivity index (χ1v) is 15.2. The number of benzene rings is 3. The smallest absolute Gasteiger partial charge is 0.241 e. The quantitative estimate of drug-likeness (QED) is 0.316. The number of methoxy groups -OCH3 is 2. The summed E-state index contributed by atoms with van der Waals surface area (Å²) in [5.74, 6) is -4.07. The summed E-state index contributed by atoms with van der Waals surface area (Å²) in [7, 11) is 2.95. The van der Waals surface area contributed by atoms with E-state index in [2.05, 4.69) is 0 Å². The second-order valence-corrected chi connectivity index (χ2v) is 12.5. The van der Waals surface area contributed by atoms with Crippen molar-refractivity contribution < 1.29 is 33.8 Å². The van der Waals surface area contributed by atoms with Gasteiger partial charge in [-0.2, -0.15) is 0 Å². The number of likely N-dealkylation sites (tertiary alicyclic amines) is 1. The summed E-state index contributed by atoms with van der Waals surface area (Å²) in [6.07, 6.45) is 2.50. The molecule has 2 aliphatic heterocycles. The Morgan fingerprint density at radius 2 is 1.56 bits per heavy atom. The van der Waals surface area contributed by atoms with E-state index in [4.69, 9.17) is 9.47 Å². The van der Waals surface area contributed by atoms with Gasteiger partial charge in [0.1, 0.15) is 17.2 Å². The Kier molecular flexibility index (Phi) is 6.80. The van der Waals surface area contributed by atoms with E-state index in [9.17, 15) is 24.3 Å². The average Bonchev–Trinajstić information content (AvgIpc) is 3.41. The molecule has 0 unspecified atom stereocenters. The molecule has 3 aromatic rings. The van der Waals surface area contributed by atoms with Crippen molar-refractivity contribution in [1.82, 2.24) is 4.90 Å². The first kappa shape index (κ1) is 28.8. The van der Waals surface area contributed by atoms with Crippen LogP contribution in [0, 0.1) is 29.1 Å². The highest BCUT2D eigenvalue weighted by molar-refractivity contribution is 6.24. The van der Waals surface area contributed by atoms with E-state index in [1.807, 2.05) is 42.5 Å². The number of carbonyl (C=O) groups is 4. The fourth-order valence-corrected chi connectivity index (χ4v) is 8.30. The topological polar surface area (TPSA) is 113 Å². The van der Waals surface area contributed by atoms with Gasteiger partial charge in [-0.1, -0.05) is 60.2 Å². The number of aromatic hydroxyl groups is 1. The predicted octanol–water partition coefficient (Wildman–Crippen LogP) is 4.84. The van der Waals surface area contributed by atoms with E-state index in [1.165, 1.54) is 30.1 Å². The number of carbonyl (C=O) groups excluding carboxylic acids is 4. The fraction of sp³-hybridized carbons (Fsp3) is 0.333. The molecule has 9 heteroatoms. The fourth-order valence-electron chi connectivity index (χ4n) is 8.30. The zero-order valence-corrected chi connectivity index (χ0v) is 25.3. The van der Waals surface area contributed by atoms with E-state index in [0.717, 1.165) is 11.1 Å². The summed E-state index contributed by atoms with van der Waals surface area (Å²) >= 11 is 0. The molecule has 6 atom stereocenters. The van der Waals surface area contributed by atoms with Crippen molar-refractivity contribution in [1.29, 1.82) is 0 Å². The molecule has 1 saturated carbocycles. The number of allylic oxidation sites excluding steroid dienone is 2. The number of ether oxygens (including phenoxy) is 2. The third-order valence-corrected chi connectivity index (χ3v) is 10.4. The van der Waals surface area contributed by atoms with Crippen LogP contribution in [0.3, 0.4) is 0 Å². The van der Waals surface area contributed by atoms with Crippen LogP contribution in [-0.4, -0.2) is 47.9 Å². The Hall–Kier alpha value is -4.92. The van der Waals surface area contributed by atoms with Crippen LogP contribution in [0.4, 0.5) is 5.69 Å². The van der Waals surface area contributed by atoms with Gasteiger partial charge < -0.3 is 14.6 Å². The molecule has 2 heterocycles. The van der Waals surface area contributed by atoms with Crippen molar-refractivity contribution in [3.63, 3.8) is 0 Å². The SMILES string of the molecule is COc1cc(O)c([C@H]2C3=CC[C@@H]4C(=O)N(Cc5ccccc5)C(=O)[C@@H]4[C@@H]3C[C@H]3C(=O)N(c4ccccc4)C(=O)[C@@]23C)c(OC)c1. The van der Waals surface area contributed by atoms with Crippen molar-refractivity contribution in [3.8, 4) is 17.2 Å². The molecule has 9 nitrogen and oxygen atoms in total. The molecule has 0 aromatic heterocycles. The van der Waals surface area contributed by atoms with Gasteiger partial charge in [-0.25, -0.2) is 4.90 Å². The summed E-state index contributed by atoms with van der Waals surface area (Å²) in [5.41, 5.74) is 1.13. The second kappa shape index (κ2) is 10.6. The van der Waals surface area contributed by atoms with Crippen molar-refractivity contribution in [2.45, 2.75) is 32.2 Å². The highest BCUT2D eigenvalue weighted by Gasteiger charge is 2.68. The standard InChI is InChI=1S/C36H34N2O7/c1-36-26(33(41)38(35(36)43)21-12-8-5-9-13-21)18-25-23(31(36)30-27(39)16-22(44-2)17-28(30)45-3)14-15-24-29(25)34(42)37(32(24)40)19-20-10-6-4-7-11-20/h4-14,16-17,24-26,29,31,39H,15,18-19H2,1-3H3/t24-,25+,26-,29-,31+,36+/m0/s1. The number of para-hydroxylation sites is 1. The number of imide groups is 2. The van der Waals surface area contributed by atoms with Gasteiger partial charge in [-0.15, -0.1) is 0 Å². The van der Waals surface area contributed by atoms with Gasteiger partial charge in [-0.05, 0) is 43.4 Å². The van der Waals surface area contributed by atoms with E-state index < -0.39 is 35.0 Å². The van der Waals surface area contributed by atoms with Crippen molar-refractivity contribution in [2.75, 3.05) is 19.1 Å². The third kappa shape index (κ3) is 4.13. The zero-order chi connectivity index (χ0) is 31.6. The maximum absolute atomic E-state index is 14.6. The monoisotopic (exact) mass is 606 g/mol. The number of hydrogen-bond acceptors (Lipinski definition) is 7. The van der Waals surface area contributed by atoms with Gasteiger partial charge in [0.25, 0.3) is 0 Å². The van der Waals surface area contributed by atoms with Crippen molar-refractivity contribution >= 4 is 29.3 Å². The van der Waals surface area contributed by atoms with E-state index in [-0.39, 0.29) is 42.3 Å². The highest BCUT2D eigenvalue weighted by atomic mass is 16.5. The molecule has 230 valence electrons. The van der Waals surface area contributed by atoms with E-state index in [0.29, 0.717) is 29.2 Å². The molecule has 2 saturated heterocycles. The van der Waals surface area contributed by atoms with Crippen molar-refractivity contribution in [3.05, 3.63) is 95.6 Å². The Labute approximate surface area is 261 Å². The lowest BCUT2D eigenvalue weighted by molar-refractivity contribution is -0.141. The number of rotatable bonds is 6. The summed E-state index contributed by atoms with van der Waals surface area (Å²) in [6.45, 7) is 1.95. The van der Waals surface area contributed by atoms with Gasteiger partial charge in [0, 0.05) is 23.6 Å². The maximum Gasteiger partial charge on any atom is 0.241 e. The van der Waals surface area contributed by atoms with Crippen LogP contribution in [0.15, 0.2) is 84.4 Å². The molecule has 3 aromatic carbocycles. The van der Waals surface area contributed by atoms with Gasteiger partial charge in [0.2, 0.25) is 23.6 Å². The highest BCUT2D eigenvalue weighted by Crippen LogP contribution is 2.65. The van der Waals surface area contributed by atoms with Gasteiger partial charge >= 0.3 is 0 Å². The molecular weight excluding hydrogens is 572 g/mol. The number of amides is 4. The average molecular weight is 607 g/mol. The van der Waals surface area contributed by atoms with Crippen LogP contribution < -0.4 is 14.4 Å². The van der Waals surface area contributed by atoms with Crippen LogP contribution in [0.5, 0.6) is 17.2 Å². The lowest BCUT2D eigenvalue weighted by Crippen LogP contribution is -2.49. The molecule has 0 bridgehead atoms. The van der Waals surface area contributed by atoms with Gasteiger partial charge in [0.15, 0.2) is 0 Å². The second-order valence-electron chi connectivity index (χ2n) is 12.5. The molecule has 7 rings (SSSR count). The molecule has 0 radical (unpaired) electrons. The Morgan fingerprint density at radius 1 is 0.867 bits per heavy atom. The molecule has 4 amide bonds. The molecule has 4 aliphatic rings. The van der Waals surface area contributed by atoms with Crippen LogP contribution in [0.25, 0.3) is 0 Å². The molecule has 45 heavy (non-hydrogen) atoms. The van der Waals surface area contributed by atoms with Gasteiger partial charge in [0.05, 0.1) is 49.6 Å². The third-order valence-electron chi connectivity index (χ3n) is 10.4. The molecular formula is C36H34N2O7. The number of phenolic OH excluding ortho intramolecular Hbond substituents is 1. The number of fused-ring (bicyclic) bond motifs is 4. The first-order valence-electron chi connectivity index (χ1n) is 15.2. The van der Waals surface area contributed by atoms with Crippen molar-refractivity contribution in [2.24, 2.45) is 29.1 Å². The largest absolute Gasteiger partial charge is 0.507 e. The normalized spacial score (nSPS) is 28.9.